The summed E-state index contributed by atoms with van der Waals surface area (Å²) in [4.78, 5) is 41.6. The van der Waals surface area contributed by atoms with Crippen LogP contribution < -0.4 is 10.6 Å². The van der Waals surface area contributed by atoms with Crippen molar-refractivity contribution < 1.29 is 19.5 Å². The van der Waals surface area contributed by atoms with Crippen molar-refractivity contribution in [2.75, 3.05) is 20.2 Å². The van der Waals surface area contributed by atoms with Crippen LogP contribution in [-0.2, 0) is 14.4 Å². The standard InChI is InChI=1S/C24H41N3O4/c1-6-9-13-26-23(30)21-17-12-11-16(10-7-2)19(22(29)25-5)20(17)24(31)27(21)18(14-28)15(4)8-3/h11-12,15-21,28H,6-10,13-14H2,1-5H3,(H,25,29)(H,26,30)/t15-,16+,17-,18-,19+,20+,21-/m0/s1. The second kappa shape index (κ2) is 11.7. The highest BCUT2D eigenvalue weighted by Crippen LogP contribution is 2.46. The van der Waals surface area contributed by atoms with Crippen LogP contribution in [0.5, 0.6) is 0 Å². The van der Waals surface area contributed by atoms with Gasteiger partial charge in [0, 0.05) is 19.5 Å². The molecule has 1 saturated heterocycles. The van der Waals surface area contributed by atoms with E-state index in [1.54, 1.807) is 11.9 Å². The first-order valence-corrected chi connectivity index (χ1v) is 12.0. The van der Waals surface area contributed by atoms with Crippen LogP contribution in [0, 0.1) is 29.6 Å². The second-order valence-electron chi connectivity index (χ2n) is 9.05. The number of nitrogens with one attached hydrogen (secondary N) is 2. The van der Waals surface area contributed by atoms with Crippen molar-refractivity contribution in [3.05, 3.63) is 12.2 Å². The Bertz CT molecular complexity index is 665. The number of amides is 3. The Kier molecular flexibility index (Phi) is 9.54. The molecule has 7 nitrogen and oxygen atoms in total. The zero-order chi connectivity index (χ0) is 23.1. The summed E-state index contributed by atoms with van der Waals surface area (Å²) in [5, 5.41) is 15.9. The molecule has 0 aromatic heterocycles. The number of nitrogens with zero attached hydrogens (tertiary/aromatic N) is 1. The van der Waals surface area contributed by atoms with Gasteiger partial charge in [-0.1, -0.05) is 59.1 Å². The van der Waals surface area contributed by atoms with Gasteiger partial charge in [0.2, 0.25) is 17.7 Å². The van der Waals surface area contributed by atoms with Crippen molar-refractivity contribution in [1.29, 1.82) is 0 Å². The van der Waals surface area contributed by atoms with E-state index in [-0.39, 0.29) is 42.1 Å². The normalized spacial score (nSPS) is 29.4. The fourth-order valence-electron chi connectivity index (χ4n) is 5.24. The number of carbonyl (C=O) groups excluding carboxylic acids is 3. The molecule has 1 heterocycles. The largest absolute Gasteiger partial charge is 0.394 e. The minimum Gasteiger partial charge on any atom is -0.394 e. The number of carbonyl (C=O) groups is 3. The summed E-state index contributed by atoms with van der Waals surface area (Å²) in [6.45, 7) is 8.49. The zero-order valence-corrected chi connectivity index (χ0v) is 19.8. The molecule has 0 unspecified atom stereocenters. The third kappa shape index (κ3) is 5.13. The van der Waals surface area contributed by atoms with Gasteiger partial charge in [0.25, 0.3) is 0 Å². The number of likely N-dealkylation sites (tertiary alicyclic amines) is 1. The molecular weight excluding hydrogens is 394 g/mol. The molecule has 2 aliphatic rings. The van der Waals surface area contributed by atoms with E-state index < -0.39 is 23.9 Å². The summed E-state index contributed by atoms with van der Waals surface area (Å²) in [6, 6.07) is -1.15. The average molecular weight is 436 g/mol. The van der Waals surface area contributed by atoms with Crippen molar-refractivity contribution in [2.24, 2.45) is 29.6 Å². The smallest absolute Gasteiger partial charge is 0.243 e. The van der Waals surface area contributed by atoms with Crippen LogP contribution in [0.15, 0.2) is 12.2 Å². The van der Waals surface area contributed by atoms with E-state index in [9.17, 15) is 19.5 Å². The Morgan fingerprint density at radius 1 is 1.16 bits per heavy atom. The molecular formula is C24H41N3O4. The minimum absolute atomic E-state index is 0.0323. The summed E-state index contributed by atoms with van der Waals surface area (Å²) in [5.41, 5.74) is 0. The average Bonchev–Trinajstić information content (AvgIpc) is 3.06. The summed E-state index contributed by atoms with van der Waals surface area (Å²) in [7, 11) is 1.60. The van der Waals surface area contributed by atoms with E-state index in [2.05, 4.69) is 24.5 Å². The maximum Gasteiger partial charge on any atom is 0.243 e. The van der Waals surface area contributed by atoms with Gasteiger partial charge in [-0.05, 0) is 24.7 Å². The van der Waals surface area contributed by atoms with E-state index in [0.29, 0.717) is 6.54 Å². The molecule has 3 N–H and O–H groups in total. The predicted molar refractivity (Wildman–Crippen MR) is 121 cm³/mol. The van der Waals surface area contributed by atoms with Crippen LogP contribution in [0.4, 0.5) is 0 Å². The van der Waals surface area contributed by atoms with E-state index in [4.69, 9.17) is 0 Å². The lowest BCUT2D eigenvalue weighted by molar-refractivity contribution is -0.144. The van der Waals surface area contributed by atoms with E-state index >= 15 is 0 Å². The van der Waals surface area contributed by atoms with Gasteiger partial charge in [-0.25, -0.2) is 0 Å². The molecule has 0 bridgehead atoms. The van der Waals surface area contributed by atoms with Gasteiger partial charge in [0.1, 0.15) is 6.04 Å². The van der Waals surface area contributed by atoms with Crippen molar-refractivity contribution >= 4 is 17.7 Å². The summed E-state index contributed by atoms with van der Waals surface area (Å²) in [5.74, 6) is -1.97. The maximum atomic E-state index is 13.8. The Hall–Kier alpha value is -1.89. The lowest BCUT2D eigenvalue weighted by Crippen LogP contribution is -2.54. The number of allylic oxidation sites excluding steroid dienone is 1. The molecule has 0 radical (unpaired) electrons. The number of fused-ring (bicyclic) bond motifs is 1. The molecule has 0 saturated carbocycles. The number of rotatable bonds is 11. The highest BCUT2D eigenvalue weighted by atomic mass is 16.3. The first-order chi connectivity index (χ1) is 14.9. The van der Waals surface area contributed by atoms with Crippen LogP contribution in [0.25, 0.3) is 0 Å². The highest BCUT2D eigenvalue weighted by Gasteiger charge is 2.58. The van der Waals surface area contributed by atoms with Gasteiger partial charge in [-0.3, -0.25) is 14.4 Å². The third-order valence-electron chi connectivity index (χ3n) is 7.16. The van der Waals surface area contributed by atoms with Crippen LogP contribution in [0.1, 0.15) is 59.8 Å². The van der Waals surface area contributed by atoms with Gasteiger partial charge < -0.3 is 20.6 Å². The topological polar surface area (TPSA) is 98.7 Å². The third-order valence-corrected chi connectivity index (χ3v) is 7.16. The van der Waals surface area contributed by atoms with E-state index in [0.717, 1.165) is 32.1 Å². The summed E-state index contributed by atoms with van der Waals surface area (Å²) < 4.78 is 0. The summed E-state index contributed by atoms with van der Waals surface area (Å²) >= 11 is 0. The first-order valence-electron chi connectivity index (χ1n) is 12.0. The Balaban J connectivity index is 2.51. The lowest BCUT2D eigenvalue weighted by Gasteiger charge is -2.36. The van der Waals surface area contributed by atoms with Gasteiger partial charge in [-0.15, -0.1) is 0 Å². The molecule has 0 aromatic carbocycles. The zero-order valence-electron chi connectivity index (χ0n) is 19.8. The monoisotopic (exact) mass is 435 g/mol. The van der Waals surface area contributed by atoms with Gasteiger partial charge in [0.05, 0.1) is 24.5 Å². The molecule has 176 valence electrons. The van der Waals surface area contributed by atoms with Crippen LogP contribution >= 0.6 is 0 Å². The van der Waals surface area contributed by atoms with Crippen LogP contribution in [0.2, 0.25) is 0 Å². The van der Waals surface area contributed by atoms with Crippen molar-refractivity contribution in [2.45, 2.75) is 71.9 Å². The van der Waals surface area contributed by atoms with Crippen LogP contribution in [0.3, 0.4) is 0 Å². The Labute approximate surface area is 187 Å². The van der Waals surface area contributed by atoms with E-state index in [1.165, 1.54) is 0 Å². The van der Waals surface area contributed by atoms with Crippen molar-refractivity contribution in [3.8, 4) is 0 Å². The second-order valence-corrected chi connectivity index (χ2v) is 9.05. The molecule has 1 aliphatic carbocycles. The minimum atomic E-state index is -0.702. The van der Waals surface area contributed by atoms with Crippen molar-refractivity contribution in [3.63, 3.8) is 0 Å². The molecule has 1 aliphatic heterocycles. The van der Waals surface area contributed by atoms with Gasteiger partial charge in [0.15, 0.2) is 0 Å². The number of hydrogen-bond donors (Lipinski definition) is 3. The maximum absolute atomic E-state index is 13.8. The number of aliphatic hydroxyl groups excluding tert-OH is 1. The quantitative estimate of drug-likeness (QED) is 0.342. The fraction of sp³-hybridized carbons (Fsp3) is 0.792. The molecule has 7 atom stereocenters. The molecule has 1 fully saturated rings. The van der Waals surface area contributed by atoms with Gasteiger partial charge in [-0.2, -0.15) is 0 Å². The molecule has 7 heteroatoms. The first kappa shape index (κ1) is 25.4. The highest BCUT2D eigenvalue weighted by molar-refractivity contribution is 5.97. The molecule has 0 aromatic rings. The summed E-state index contributed by atoms with van der Waals surface area (Å²) in [6.07, 6.45) is 8.34. The Morgan fingerprint density at radius 2 is 1.87 bits per heavy atom. The lowest BCUT2D eigenvalue weighted by atomic mass is 9.68. The number of hydrogen-bond acceptors (Lipinski definition) is 4. The molecule has 31 heavy (non-hydrogen) atoms. The molecule has 3 amide bonds. The number of unbranched alkanes of at least 4 members (excludes halogenated alkanes) is 1. The van der Waals surface area contributed by atoms with E-state index in [1.807, 2.05) is 26.0 Å². The molecule has 0 spiro atoms. The predicted octanol–water partition coefficient (Wildman–Crippen LogP) is 2.10. The number of aliphatic hydroxyl groups is 1. The van der Waals surface area contributed by atoms with Gasteiger partial charge >= 0.3 is 0 Å². The fourth-order valence-corrected chi connectivity index (χ4v) is 5.24. The van der Waals surface area contributed by atoms with Crippen molar-refractivity contribution in [1.82, 2.24) is 15.5 Å². The van der Waals surface area contributed by atoms with Crippen LogP contribution in [-0.4, -0.2) is 60.0 Å². The SMILES string of the molecule is CCCCNC(=O)[C@@H]1[C@H]2C=C[C@@H](CCC)[C@@H](C(=O)NC)[C@@H]2C(=O)N1[C@@H](CO)[C@@H](C)CC. The Morgan fingerprint density at radius 3 is 2.42 bits per heavy atom. The molecule has 2 rings (SSSR count).